The molecule has 0 saturated carbocycles. The third-order valence-corrected chi connectivity index (χ3v) is 4.45. The second kappa shape index (κ2) is 7.51. The Morgan fingerprint density at radius 1 is 1.11 bits per heavy atom. The smallest absolute Gasteiger partial charge is 0.323 e. The van der Waals surface area contributed by atoms with E-state index in [9.17, 15) is 9.59 Å². The van der Waals surface area contributed by atoms with Gasteiger partial charge in [-0.25, -0.2) is 4.79 Å². The van der Waals surface area contributed by atoms with Crippen molar-refractivity contribution in [3.05, 3.63) is 64.4 Å². The fraction of sp³-hybridized carbons (Fsp3) is 0.200. The van der Waals surface area contributed by atoms with Crippen LogP contribution in [0.3, 0.4) is 0 Å². The van der Waals surface area contributed by atoms with Crippen molar-refractivity contribution in [2.75, 3.05) is 5.32 Å². The van der Waals surface area contributed by atoms with Crippen LogP contribution < -0.4 is 11.0 Å². The lowest BCUT2D eigenvalue weighted by atomic mass is 10.1. The van der Waals surface area contributed by atoms with Crippen LogP contribution in [0.4, 0.5) is 5.69 Å². The van der Waals surface area contributed by atoms with Crippen molar-refractivity contribution in [1.82, 2.24) is 20.1 Å². The summed E-state index contributed by atoms with van der Waals surface area (Å²) in [6.45, 7) is 2.10. The maximum Gasteiger partial charge on any atom is 0.323 e. The zero-order valence-corrected chi connectivity index (χ0v) is 15.3. The van der Waals surface area contributed by atoms with E-state index in [1.54, 1.807) is 18.2 Å². The number of amides is 1. The van der Waals surface area contributed by atoms with Crippen molar-refractivity contribution >= 4 is 22.6 Å². The predicted octanol–water partition coefficient (Wildman–Crippen LogP) is 3.04. The normalized spacial score (nSPS) is 11.0. The van der Waals surface area contributed by atoms with Gasteiger partial charge >= 0.3 is 5.69 Å². The summed E-state index contributed by atoms with van der Waals surface area (Å²) in [4.78, 5) is 33.2. The minimum Gasteiger partial charge on any atom is -0.339 e. The van der Waals surface area contributed by atoms with E-state index in [2.05, 4.69) is 32.3 Å². The van der Waals surface area contributed by atoms with Crippen LogP contribution in [0.2, 0.25) is 0 Å². The fourth-order valence-electron chi connectivity index (χ4n) is 2.92. The number of carbonyl (C=O) groups excluding carboxylic acids is 1. The van der Waals surface area contributed by atoms with E-state index in [0.717, 1.165) is 12.0 Å². The number of anilines is 1. The number of aromatic nitrogens is 4. The molecule has 0 saturated heterocycles. The van der Waals surface area contributed by atoms with E-state index in [-0.39, 0.29) is 18.0 Å². The van der Waals surface area contributed by atoms with Crippen molar-refractivity contribution in [2.45, 2.75) is 26.2 Å². The molecule has 0 fully saturated rings. The number of hydrogen-bond donors (Lipinski definition) is 3. The van der Waals surface area contributed by atoms with Gasteiger partial charge in [0.25, 0.3) is 0 Å². The first-order valence-corrected chi connectivity index (χ1v) is 9.04. The lowest BCUT2D eigenvalue weighted by molar-refractivity contribution is -0.116. The van der Waals surface area contributed by atoms with Crippen molar-refractivity contribution in [2.24, 2.45) is 0 Å². The molecule has 0 unspecified atom stereocenters. The molecular weight excluding hydrogens is 358 g/mol. The summed E-state index contributed by atoms with van der Waals surface area (Å²) in [6.07, 6.45) is 1.52. The maximum absolute atomic E-state index is 12.2. The van der Waals surface area contributed by atoms with E-state index in [1.807, 2.05) is 24.3 Å². The highest BCUT2D eigenvalue weighted by molar-refractivity contribution is 5.93. The Morgan fingerprint density at radius 3 is 2.68 bits per heavy atom. The number of aryl methyl sites for hydroxylation is 2. The molecule has 1 amide bonds. The number of hydrogen-bond acceptors (Lipinski definition) is 5. The Balaban J connectivity index is 1.36. The van der Waals surface area contributed by atoms with Gasteiger partial charge in [0.05, 0.1) is 11.0 Å². The van der Waals surface area contributed by atoms with Gasteiger partial charge in [0, 0.05) is 24.1 Å². The van der Waals surface area contributed by atoms with Gasteiger partial charge < -0.3 is 19.8 Å². The molecule has 0 radical (unpaired) electrons. The number of aromatic amines is 2. The van der Waals surface area contributed by atoms with Gasteiger partial charge in [-0.05, 0) is 30.2 Å². The molecule has 28 heavy (non-hydrogen) atoms. The van der Waals surface area contributed by atoms with E-state index < -0.39 is 0 Å². The molecule has 0 aliphatic heterocycles. The third-order valence-electron chi connectivity index (χ3n) is 4.45. The zero-order valence-electron chi connectivity index (χ0n) is 15.3. The highest BCUT2D eigenvalue weighted by atomic mass is 16.5. The molecule has 0 aliphatic carbocycles. The van der Waals surface area contributed by atoms with Gasteiger partial charge in [-0.3, -0.25) is 4.79 Å². The average molecular weight is 377 g/mol. The van der Waals surface area contributed by atoms with Crippen LogP contribution in [0.25, 0.3) is 22.4 Å². The monoisotopic (exact) mass is 377 g/mol. The second-order valence-corrected chi connectivity index (χ2v) is 6.45. The van der Waals surface area contributed by atoms with E-state index >= 15 is 0 Å². The molecule has 2 heterocycles. The van der Waals surface area contributed by atoms with Gasteiger partial charge in [0.15, 0.2) is 0 Å². The number of nitrogens with zero attached hydrogens (tertiary/aromatic N) is 2. The molecule has 4 aromatic rings. The minimum atomic E-state index is -0.282. The molecule has 2 aromatic carbocycles. The van der Waals surface area contributed by atoms with Crippen LogP contribution in [-0.4, -0.2) is 26.0 Å². The summed E-state index contributed by atoms with van der Waals surface area (Å²) in [7, 11) is 0. The van der Waals surface area contributed by atoms with Crippen LogP contribution in [0, 0.1) is 0 Å². The van der Waals surface area contributed by atoms with Crippen molar-refractivity contribution in [3.63, 3.8) is 0 Å². The Morgan fingerprint density at radius 2 is 1.89 bits per heavy atom. The fourth-order valence-corrected chi connectivity index (χ4v) is 2.92. The highest BCUT2D eigenvalue weighted by Crippen LogP contribution is 2.18. The maximum atomic E-state index is 12.2. The lowest BCUT2D eigenvalue weighted by Crippen LogP contribution is -2.12. The number of H-pyrrole nitrogens is 2. The van der Waals surface area contributed by atoms with E-state index in [1.165, 1.54) is 5.56 Å². The average Bonchev–Trinajstić information content (AvgIpc) is 3.32. The Bertz CT molecular complexity index is 1170. The summed E-state index contributed by atoms with van der Waals surface area (Å²) < 4.78 is 5.25. The summed E-state index contributed by atoms with van der Waals surface area (Å²) in [5.74, 6) is 0.749. The third kappa shape index (κ3) is 3.85. The molecule has 0 bridgehead atoms. The Labute approximate surface area is 160 Å². The second-order valence-electron chi connectivity index (χ2n) is 6.45. The van der Waals surface area contributed by atoms with Gasteiger partial charge in [-0.1, -0.05) is 36.3 Å². The Kier molecular flexibility index (Phi) is 4.76. The molecule has 4 rings (SSSR count). The number of benzene rings is 2. The number of rotatable bonds is 6. The summed E-state index contributed by atoms with van der Waals surface area (Å²) in [5.41, 5.74) is 3.77. The van der Waals surface area contributed by atoms with Crippen LogP contribution in [0.1, 0.15) is 24.8 Å². The first-order valence-electron chi connectivity index (χ1n) is 9.04. The molecule has 8 nitrogen and oxygen atoms in total. The summed E-state index contributed by atoms with van der Waals surface area (Å²) in [6, 6.07) is 13.2. The summed E-state index contributed by atoms with van der Waals surface area (Å²) in [5, 5.41) is 6.79. The molecule has 142 valence electrons. The van der Waals surface area contributed by atoms with Gasteiger partial charge in [0.1, 0.15) is 0 Å². The number of nitrogens with one attached hydrogen (secondary N) is 3. The first-order chi connectivity index (χ1) is 13.6. The van der Waals surface area contributed by atoms with Gasteiger partial charge in [-0.2, -0.15) is 4.98 Å². The molecule has 2 aromatic heterocycles. The molecule has 0 spiro atoms. The molecule has 0 aliphatic rings. The Hall–Kier alpha value is -3.68. The molecule has 8 heteroatoms. The quantitative estimate of drug-likeness (QED) is 0.477. The first kappa shape index (κ1) is 17.7. The van der Waals surface area contributed by atoms with Crippen LogP contribution in [0.5, 0.6) is 0 Å². The van der Waals surface area contributed by atoms with Crippen molar-refractivity contribution in [3.8, 4) is 11.4 Å². The lowest BCUT2D eigenvalue weighted by Gasteiger charge is -2.04. The zero-order chi connectivity index (χ0) is 19.5. The number of fused-ring (bicyclic) bond motifs is 1. The van der Waals surface area contributed by atoms with E-state index in [0.29, 0.717) is 34.9 Å². The molecule has 0 atom stereocenters. The SMILES string of the molecule is CCc1ccc(-c2noc(CCC(=O)Nc3ccc4[nH]c(=O)[nH]c4c3)n2)cc1. The topological polar surface area (TPSA) is 117 Å². The standard InChI is InChI=1S/C20H19N5O3/c1-2-12-3-5-13(6-4-12)19-24-18(28-25-19)10-9-17(26)21-14-7-8-15-16(11-14)23-20(27)22-15/h3-8,11H,2,9-10H2,1H3,(H,21,26)(H2,22,23,27). The van der Waals surface area contributed by atoms with Gasteiger partial charge in [0.2, 0.25) is 17.6 Å². The molecular formula is C20H19N5O3. The number of imidazole rings is 1. The molecule has 3 N–H and O–H groups in total. The minimum absolute atomic E-state index is 0.177. The van der Waals surface area contributed by atoms with Crippen LogP contribution in [0.15, 0.2) is 51.8 Å². The van der Waals surface area contributed by atoms with Crippen LogP contribution in [-0.2, 0) is 17.6 Å². The number of carbonyl (C=O) groups is 1. The predicted molar refractivity (Wildman–Crippen MR) is 105 cm³/mol. The van der Waals surface area contributed by atoms with E-state index in [4.69, 9.17) is 4.52 Å². The largest absolute Gasteiger partial charge is 0.339 e. The van der Waals surface area contributed by atoms with Crippen molar-refractivity contribution in [1.29, 1.82) is 0 Å². The summed E-state index contributed by atoms with van der Waals surface area (Å²) >= 11 is 0. The van der Waals surface area contributed by atoms with Gasteiger partial charge in [-0.15, -0.1) is 0 Å². The van der Waals surface area contributed by atoms with Crippen LogP contribution >= 0.6 is 0 Å². The highest BCUT2D eigenvalue weighted by Gasteiger charge is 2.11. The van der Waals surface area contributed by atoms with Crippen molar-refractivity contribution < 1.29 is 9.32 Å².